The molecule has 10 heavy (non-hydrogen) atoms. The number of hydrogen-bond donors (Lipinski definition) is 0. The lowest BCUT2D eigenvalue weighted by Gasteiger charge is -1.86. The average Bonchev–Trinajstić information content (AvgIpc) is 2.14. The topological polar surface area (TPSA) is 0 Å². The van der Waals surface area contributed by atoms with Gasteiger partial charge in [0.25, 0.3) is 0 Å². The van der Waals surface area contributed by atoms with E-state index in [2.05, 4.69) is 26.8 Å². The van der Waals surface area contributed by atoms with Gasteiger partial charge in [-0.15, -0.1) is 11.3 Å². The Morgan fingerprint density at radius 1 is 1.40 bits per heavy atom. The first-order valence-electron chi connectivity index (χ1n) is 3.80. The molecule has 56 valence electrons. The van der Waals surface area contributed by atoms with Gasteiger partial charge in [0.2, 0.25) is 0 Å². The largest absolute Gasteiger partial charge is 0.145 e. The third-order valence-electron chi connectivity index (χ3n) is 1.71. The molecule has 1 rings (SSSR count). The molecule has 0 spiro atoms. The molecule has 1 heterocycles. The number of hydrogen-bond acceptors (Lipinski definition) is 1. The third-order valence-corrected chi connectivity index (χ3v) is 2.93. The summed E-state index contributed by atoms with van der Waals surface area (Å²) < 4.78 is 0. The van der Waals surface area contributed by atoms with Crippen LogP contribution >= 0.6 is 11.3 Å². The molecule has 0 nitrogen and oxygen atoms in total. The van der Waals surface area contributed by atoms with Crippen molar-refractivity contribution in [2.45, 2.75) is 33.6 Å². The molecule has 0 fully saturated rings. The molecule has 0 radical (unpaired) electrons. The van der Waals surface area contributed by atoms with E-state index < -0.39 is 0 Å². The molecule has 0 unspecified atom stereocenters. The molecule has 0 atom stereocenters. The molecular formula is C9H14S. The predicted molar refractivity (Wildman–Crippen MR) is 47.8 cm³/mol. The van der Waals surface area contributed by atoms with Crippen LogP contribution in [0.2, 0.25) is 0 Å². The first-order chi connectivity index (χ1) is 4.74. The summed E-state index contributed by atoms with van der Waals surface area (Å²) in [5.74, 6) is 0. The maximum absolute atomic E-state index is 2.31. The van der Waals surface area contributed by atoms with Gasteiger partial charge >= 0.3 is 0 Å². The fourth-order valence-corrected chi connectivity index (χ4v) is 2.17. The maximum atomic E-state index is 2.31. The normalized spacial score (nSPS) is 10.3. The van der Waals surface area contributed by atoms with Crippen LogP contribution in [-0.4, -0.2) is 0 Å². The van der Waals surface area contributed by atoms with E-state index in [0.29, 0.717) is 0 Å². The van der Waals surface area contributed by atoms with Crippen molar-refractivity contribution in [3.8, 4) is 0 Å². The van der Waals surface area contributed by atoms with Crippen molar-refractivity contribution >= 4 is 11.3 Å². The van der Waals surface area contributed by atoms with Gasteiger partial charge in [-0.25, -0.2) is 0 Å². The molecule has 0 amide bonds. The van der Waals surface area contributed by atoms with Crippen LogP contribution in [0.4, 0.5) is 0 Å². The molecule has 0 aromatic carbocycles. The van der Waals surface area contributed by atoms with Gasteiger partial charge in [0.15, 0.2) is 0 Å². The molecule has 0 saturated heterocycles. The Balaban J connectivity index is 2.77. The molecule has 0 aliphatic rings. The number of thiophene rings is 1. The van der Waals surface area contributed by atoms with Crippen LogP contribution in [0.5, 0.6) is 0 Å². The van der Waals surface area contributed by atoms with Crippen molar-refractivity contribution in [3.63, 3.8) is 0 Å². The second-order valence-corrected chi connectivity index (χ2v) is 4.04. The zero-order chi connectivity index (χ0) is 7.56. The van der Waals surface area contributed by atoms with Gasteiger partial charge in [0.1, 0.15) is 0 Å². The van der Waals surface area contributed by atoms with Gasteiger partial charge in [0.05, 0.1) is 0 Å². The van der Waals surface area contributed by atoms with Gasteiger partial charge in [-0.1, -0.05) is 13.3 Å². The summed E-state index contributed by atoms with van der Waals surface area (Å²) in [6.45, 7) is 6.61. The van der Waals surface area contributed by atoms with E-state index in [0.717, 1.165) is 0 Å². The van der Waals surface area contributed by atoms with Crippen LogP contribution in [0.3, 0.4) is 0 Å². The predicted octanol–water partition coefficient (Wildman–Crippen LogP) is 3.32. The first kappa shape index (κ1) is 7.80. The third kappa shape index (κ3) is 1.60. The van der Waals surface area contributed by atoms with E-state index in [4.69, 9.17) is 0 Å². The molecule has 1 aromatic rings. The van der Waals surface area contributed by atoms with E-state index in [1.807, 2.05) is 11.3 Å². The summed E-state index contributed by atoms with van der Waals surface area (Å²) in [7, 11) is 0. The minimum absolute atomic E-state index is 1.25. The lowest BCUT2D eigenvalue weighted by molar-refractivity contribution is 0.939. The standard InChI is InChI=1S/C9H14S/c1-4-5-9-6-7(2)8(3)10-9/h6H,4-5H2,1-3H3. The van der Waals surface area contributed by atoms with Crippen molar-refractivity contribution in [3.05, 3.63) is 21.4 Å². The van der Waals surface area contributed by atoms with Gasteiger partial charge < -0.3 is 0 Å². The Morgan fingerprint density at radius 2 is 2.10 bits per heavy atom. The lowest BCUT2D eigenvalue weighted by Crippen LogP contribution is -1.72. The van der Waals surface area contributed by atoms with Crippen LogP contribution < -0.4 is 0 Å². The van der Waals surface area contributed by atoms with Crippen LogP contribution in [0.15, 0.2) is 6.07 Å². The SMILES string of the molecule is CCCc1cc(C)c(C)s1. The molecule has 0 N–H and O–H groups in total. The quantitative estimate of drug-likeness (QED) is 0.613. The molecule has 0 bridgehead atoms. The van der Waals surface area contributed by atoms with E-state index in [1.54, 1.807) is 0 Å². The number of aryl methyl sites for hydroxylation is 3. The molecule has 0 saturated carbocycles. The molecule has 1 aromatic heterocycles. The van der Waals surface area contributed by atoms with Crippen LogP contribution in [0.1, 0.15) is 28.7 Å². The highest BCUT2D eigenvalue weighted by molar-refractivity contribution is 7.12. The zero-order valence-electron chi connectivity index (χ0n) is 6.90. The van der Waals surface area contributed by atoms with Crippen molar-refractivity contribution in [1.29, 1.82) is 0 Å². The highest BCUT2D eigenvalue weighted by Crippen LogP contribution is 2.21. The summed E-state index contributed by atoms with van der Waals surface area (Å²) >= 11 is 1.94. The van der Waals surface area contributed by atoms with Crippen molar-refractivity contribution < 1.29 is 0 Å². The van der Waals surface area contributed by atoms with Gasteiger partial charge in [0, 0.05) is 9.75 Å². The Hall–Kier alpha value is -0.300. The maximum Gasteiger partial charge on any atom is 0.00506 e. The first-order valence-corrected chi connectivity index (χ1v) is 4.61. The highest BCUT2D eigenvalue weighted by atomic mass is 32.1. The summed E-state index contributed by atoms with van der Waals surface area (Å²) in [6.07, 6.45) is 2.51. The summed E-state index contributed by atoms with van der Waals surface area (Å²) in [4.78, 5) is 3.01. The highest BCUT2D eigenvalue weighted by Gasteiger charge is 1.98. The minimum Gasteiger partial charge on any atom is -0.145 e. The fourth-order valence-electron chi connectivity index (χ4n) is 1.02. The van der Waals surface area contributed by atoms with Gasteiger partial charge in [-0.3, -0.25) is 0 Å². The van der Waals surface area contributed by atoms with Crippen LogP contribution in [0.25, 0.3) is 0 Å². The van der Waals surface area contributed by atoms with Crippen molar-refractivity contribution in [2.24, 2.45) is 0 Å². The number of rotatable bonds is 2. The molecular weight excluding hydrogens is 140 g/mol. The Labute approximate surface area is 66.9 Å². The summed E-state index contributed by atoms with van der Waals surface area (Å²) in [5.41, 5.74) is 1.45. The van der Waals surface area contributed by atoms with E-state index in [-0.39, 0.29) is 0 Å². The van der Waals surface area contributed by atoms with Crippen molar-refractivity contribution in [2.75, 3.05) is 0 Å². The Morgan fingerprint density at radius 3 is 2.50 bits per heavy atom. The monoisotopic (exact) mass is 154 g/mol. The molecule has 0 aliphatic heterocycles. The Kier molecular flexibility index (Phi) is 2.50. The van der Waals surface area contributed by atoms with E-state index in [9.17, 15) is 0 Å². The van der Waals surface area contributed by atoms with E-state index >= 15 is 0 Å². The van der Waals surface area contributed by atoms with E-state index in [1.165, 1.54) is 28.2 Å². The average molecular weight is 154 g/mol. The van der Waals surface area contributed by atoms with Crippen LogP contribution in [0, 0.1) is 13.8 Å². The minimum atomic E-state index is 1.25. The van der Waals surface area contributed by atoms with Crippen LogP contribution in [-0.2, 0) is 6.42 Å². The molecule has 1 heteroatoms. The second kappa shape index (κ2) is 3.20. The summed E-state index contributed by atoms with van der Waals surface area (Å²) in [5, 5.41) is 0. The zero-order valence-corrected chi connectivity index (χ0v) is 7.72. The fraction of sp³-hybridized carbons (Fsp3) is 0.556. The second-order valence-electron chi connectivity index (χ2n) is 2.70. The smallest absolute Gasteiger partial charge is 0.00506 e. The van der Waals surface area contributed by atoms with Gasteiger partial charge in [-0.2, -0.15) is 0 Å². The lowest BCUT2D eigenvalue weighted by atomic mass is 10.2. The molecule has 0 aliphatic carbocycles. The summed E-state index contributed by atoms with van der Waals surface area (Å²) in [6, 6.07) is 2.31. The van der Waals surface area contributed by atoms with Crippen molar-refractivity contribution in [1.82, 2.24) is 0 Å². The Bertz CT molecular complexity index is 191. The van der Waals surface area contributed by atoms with Gasteiger partial charge in [-0.05, 0) is 31.9 Å².